The third-order valence-electron chi connectivity index (χ3n) is 4.21. The summed E-state index contributed by atoms with van der Waals surface area (Å²) in [6.45, 7) is 1.82. The highest BCUT2D eigenvalue weighted by Crippen LogP contribution is 2.23. The molecule has 1 amide bonds. The number of rotatable bonds is 5. The summed E-state index contributed by atoms with van der Waals surface area (Å²) in [5.41, 5.74) is 0.243. The predicted molar refractivity (Wildman–Crippen MR) is 88.6 cm³/mol. The van der Waals surface area contributed by atoms with Crippen LogP contribution in [0, 0.1) is 5.92 Å². The summed E-state index contributed by atoms with van der Waals surface area (Å²) in [6.07, 6.45) is 5.90. The third-order valence-corrected chi connectivity index (χ3v) is 5.18. The maximum Gasteiger partial charge on any atom is 0.339 e. The van der Waals surface area contributed by atoms with Crippen molar-refractivity contribution < 1.29 is 18.5 Å². The molecule has 0 bridgehead atoms. The van der Waals surface area contributed by atoms with E-state index in [1.165, 1.54) is 12.7 Å². The second-order valence-corrected chi connectivity index (χ2v) is 7.31. The molecule has 23 heavy (non-hydrogen) atoms. The van der Waals surface area contributed by atoms with Gasteiger partial charge in [-0.25, -0.2) is 4.79 Å². The first kappa shape index (κ1) is 17.7. The number of esters is 1. The van der Waals surface area contributed by atoms with Gasteiger partial charge in [0.25, 0.3) is 5.91 Å². The number of benzene rings is 1. The monoisotopic (exact) mass is 337 g/mol. The van der Waals surface area contributed by atoms with Crippen LogP contribution in [0.2, 0.25) is 0 Å². The van der Waals surface area contributed by atoms with E-state index in [-0.39, 0.29) is 24.1 Å². The van der Waals surface area contributed by atoms with Crippen LogP contribution in [0.15, 0.2) is 29.2 Å². The van der Waals surface area contributed by atoms with Crippen LogP contribution in [0.1, 0.15) is 43.0 Å². The van der Waals surface area contributed by atoms with Gasteiger partial charge in [0, 0.05) is 12.3 Å². The lowest BCUT2D eigenvalue weighted by Crippen LogP contribution is -2.42. The number of hydrogen-bond donors (Lipinski definition) is 1. The molecule has 1 aromatic rings. The van der Waals surface area contributed by atoms with Gasteiger partial charge in [-0.15, -0.1) is 0 Å². The number of amides is 1. The van der Waals surface area contributed by atoms with Crippen LogP contribution >= 0.6 is 0 Å². The van der Waals surface area contributed by atoms with Crippen LogP contribution in [0.4, 0.5) is 0 Å². The van der Waals surface area contributed by atoms with E-state index < -0.39 is 16.8 Å². The maximum absolute atomic E-state index is 12.1. The molecule has 1 fully saturated rings. The molecule has 5 nitrogen and oxygen atoms in total. The molecular weight excluding hydrogens is 314 g/mol. The number of hydrogen-bond acceptors (Lipinski definition) is 4. The molecule has 1 aromatic carbocycles. The minimum atomic E-state index is -1.29. The van der Waals surface area contributed by atoms with Crippen molar-refractivity contribution in [1.82, 2.24) is 5.32 Å². The van der Waals surface area contributed by atoms with Crippen LogP contribution in [-0.2, 0) is 20.3 Å². The van der Waals surface area contributed by atoms with Crippen LogP contribution in [-0.4, -0.2) is 35.0 Å². The molecule has 1 N–H and O–H groups in total. The quantitative estimate of drug-likeness (QED) is 0.837. The fourth-order valence-electron chi connectivity index (χ4n) is 2.87. The molecule has 0 spiro atoms. The van der Waals surface area contributed by atoms with Crippen LogP contribution in [0.5, 0.6) is 0 Å². The minimum Gasteiger partial charge on any atom is -0.452 e. The standard InChI is InChI=1S/C17H23NO4S/c1-12-7-3-5-9-14(12)18-16(19)11-22-17(20)13-8-4-6-10-15(13)23(2)21/h4,6,8,10,12,14H,3,5,7,9,11H2,1-2H3,(H,18,19)/t12-,14-,23-/m1/s1. The summed E-state index contributed by atoms with van der Waals surface area (Å²) in [5, 5.41) is 2.94. The normalized spacial score (nSPS) is 22.2. The van der Waals surface area contributed by atoms with Gasteiger partial charge in [0.1, 0.15) is 0 Å². The van der Waals surface area contributed by atoms with E-state index in [0.717, 1.165) is 19.3 Å². The average Bonchev–Trinajstić information content (AvgIpc) is 2.54. The van der Waals surface area contributed by atoms with Gasteiger partial charge in [0.2, 0.25) is 0 Å². The zero-order valence-corrected chi connectivity index (χ0v) is 14.4. The molecule has 3 atom stereocenters. The molecule has 0 aliphatic heterocycles. The van der Waals surface area contributed by atoms with E-state index in [0.29, 0.717) is 10.8 Å². The zero-order valence-electron chi connectivity index (χ0n) is 13.5. The second-order valence-electron chi connectivity index (χ2n) is 5.96. The molecule has 0 unspecified atom stereocenters. The summed E-state index contributed by atoms with van der Waals surface area (Å²) in [5.74, 6) is -0.457. The first-order chi connectivity index (χ1) is 11.0. The zero-order chi connectivity index (χ0) is 16.8. The summed E-state index contributed by atoms with van der Waals surface area (Å²) in [7, 11) is -1.29. The smallest absolute Gasteiger partial charge is 0.339 e. The van der Waals surface area contributed by atoms with E-state index in [4.69, 9.17) is 4.74 Å². The van der Waals surface area contributed by atoms with E-state index in [9.17, 15) is 13.8 Å². The number of carbonyl (C=O) groups is 2. The molecule has 0 saturated heterocycles. The molecule has 1 aliphatic rings. The molecular formula is C17H23NO4S. The van der Waals surface area contributed by atoms with Crippen molar-refractivity contribution in [2.24, 2.45) is 5.92 Å². The summed E-state index contributed by atoms with van der Waals surface area (Å²) in [4.78, 5) is 24.5. The lowest BCUT2D eigenvalue weighted by Gasteiger charge is -2.29. The Morgan fingerprint density at radius 1 is 1.26 bits per heavy atom. The molecule has 1 saturated carbocycles. The Kier molecular flexibility index (Phi) is 6.33. The molecule has 126 valence electrons. The lowest BCUT2D eigenvalue weighted by atomic mass is 9.86. The third kappa shape index (κ3) is 4.89. The first-order valence-electron chi connectivity index (χ1n) is 7.88. The first-order valence-corrected chi connectivity index (χ1v) is 9.43. The average molecular weight is 337 g/mol. The van der Waals surface area contributed by atoms with Gasteiger partial charge in [0.15, 0.2) is 6.61 Å². The summed E-state index contributed by atoms with van der Waals surface area (Å²) < 4.78 is 16.7. The van der Waals surface area contributed by atoms with Gasteiger partial charge >= 0.3 is 5.97 Å². The van der Waals surface area contributed by atoms with Crippen LogP contribution in [0.3, 0.4) is 0 Å². The Morgan fingerprint density at radius 2 is 1.96 bits per heavy atom. The summed E-state index contributed by atoms with van der Waals surface area (Å²) >= 11 is 0. The van der Waals surface area contributed by atoms with Crippen molar-refractivity contribution in [3.63, 3.8) is 0 Å². The Bertz CT molecular complexity index is 602. The van der Waals surface area contributed by atoms with Crippen molar-refractivity contribution in [1.29, 1.82) is 0 Å². The van der Waals surface area contributed by atoms with Gasteiger partial charge < -0.3 is 10.1 Å². The Hall–Kier alpha value is -1.69. The van der Waals surface area contributed by atoms with Crippen LogP contribution < -0.4 is 5.32 Å². The Labute approximate surface area is 139 Å². The van der Waals surface area contributed by atoms with Gasteiger partial charge in [-0.05, 0) is 30.9 Å². The topological polar surface area (TPSA) is 72.5 Å². The van der Waals surface area contributed by atoms with Gasteiger partial charge in [0.05, 0.1) is 21.3 Å². The maximum atomic E-state index is 12.1. The van der Waals surface area contributed by atoms with Gasteiger partial charge in [-0.1, -0.05) is 31.9 Å². The van der Waals surface area contributed by atoms with Crippen molar-refractivity contribution in [2.45, 2.75) is 43.5 Å². The van der Waals surface area contributed by atoms with Crippen molar-refractivity contribution >= 4 is 22.7 Å². The highest BCUT2D eigenvalue weighted by Gasteiger charge is 2.23. The Balaban J connectivity index is 1.89. The fourth-order valence-corrected chi connectivity index (χ4v) is 3.61. The summed E-state index contributed by atoms with van der Waals surface area (Å²) in [6, 6.07) is 6.73. The lowest BCUT2D eigenvalue weighted by molar-refractivity contribution is -0.125. The second kappa shape index (κ2) is 8.24. The number of nitrogens with one attached hydrogen (secondary N) is 1. The SMILES string of the molecule is C[C@@H]1CCCC[C@H]1NC(=O)COC(=O)c1ccccc1[S@@](C)=O. The molecule has 0 aromatic heterocycles. The minimum absolute atomic E-state index is 0.158. The molecule has 6 heteroatoms. The van der Waals surface area contributed by atoms with Gasteiger partial charge in [-0.2, -0.15) is 0 Å². The van der Waals surface area contributed by atoms with E-state index >= 15 is 0 Å². The van der Waals surface area contributed by atoms with E-state index in [1.54, 1.807) is 24.3 Å². The molecule has 1 aliphatic carbocycles. The van der Waals surface area contributed by atoms with E-state index in [1.807, 2.05) is 0 Å². The fraction of sp³-hybridized carbons (Fsp3) is 0.529. The van der Waals surface area contributed by atoms with Crippen LogP contribution in [0.25, 0.3) is 0 Å². The van der Waals surface area contributed by atoms with Crippen molar-refractivity contribution in [2.75, 3.05) is 12.9 Å². The largest absolute Gasteiger partial charge is 0.452 e. The number of ether oxygens (including phenoxy) is 1. The number of carbonyl (C=O) groups excluding carboxylic acids is 2. The van der Waals surface area contributed by atoms with Crippen molar-refractivity contribution in [3.05, 3.63) is 29.8 Å². The molecule has 0 heterocycles. The molecule has 2 rings (SSSR count). The van der Waals surface area contributed by atoms with Gasteiger partial charge in [-0.3, -0.25) is 9.00 Å². The molecule has 0 radical (unpaired) electrons. The highest BCUT2D eigenvalue weighted by atomic mass is 32.2. The predicted octanol–water partition coefficient (Wildman–Crippen LogP) is 2.28. The van der Waals surface area contributed by atoms with E-state index in [2.05, 4.69) is 12.2 Å². The highest BCUT2D eigenvalue weighted by molar-refractivity contribution is 7.84. The van der Waals surface area contributed by atoms with Crippen molar-refractivity contribution in [3.8, 4) is 0 Å². The Morgan fingerprint density at radius 3 is 2.65 bits per heavy atom.